The minimum atomic E-state index is -2.61. The summed E-state index contributed by atoms with van der Waals surface area (Å²) in [6.45, 7) is 2.28. The Kier molecular flexibility index (Phi) is 19.5. The van der Waals surface area contributed by atoms with Crippen molar-refractivity contribution in [3.63, 3.8) is 0 Å². The monoisotopic (exact) mass is 1090 g/mol. The number of carbonyl (C=O) groups excluding carboxylic acids is 8. The van der Waals surface area contributed by atoms with Crippen molar-refractivity contribution in [1.29, 1.82) is 0 Å². The zero-order chi connectivity index (χ0) is 56.4. The molecule has 2 aliphatic heterocycles. The Morgan fingerprint density at radius 1 is 0.584 bits per heavy atom. The fraction of sp³-hybridized carbons (Fsp3) is 0.458. The SMILES string of the molecule is CC(=O)OC[C@H]1O[C@@H](O[C@@H]2[C@@H](N=[N+]=[N-])[C@@H](OC[C@H](NC(=O)OCC3c4ccccc4-c4ccccc43)C(=O)Oc3c(F)c(F)c(F)c(F)c3F)O[C@H](COC(C)=O)[C@@H]2OC(C)=O)[C@H](OC(C)=O)[C@@H](OC(C)=O)[C@H]1OC(C)=O. The number of rotatable bonds is 19. The summed E-state index contributed by atoms with van der Waals surface area (Å²) < 4.78 is 139. The predicted octanol–water partition coefficient (Wildman–Crippen LogP) is 4.58. The molecule has 414 valence electrons. The number of amides is 1. The van der Waals surface area contributed by atoms with Crippen LogP contribution in [-0.2, 0) is 85.7 Å². The maximum absolute atomic E-state index is 14.9. The van der Waals surface area contributed by atoms with Gasteiger partial charge in [0, 0.05) is 52.4 Å². The van der Waals surface area contributed by atoms with Gasteiger partial charge in [-0.05, 0) is 27.8 Å². The molecular formula is C48H47F5N4O20. The smallest absolute Gasteiger partial charge is 0.407 e. The molecular weight excluding hydrogens is 1050 g/mol. The number of halogens is 5. The number of ether oxygens (including phenoxy) is 12. The average Bonchev–Trinajstić information content (AvgIpc) is 3.70. The Morgan fingerprint density at radius 3 is 1.53 bits per heavy atom. The predicted molar refractivity (Wildman–Crippen MR) is 240 cm³/mol. The largest absolute Gasteiger partial charge is 0.463 e. The number of azide groups is 1. The number of fused-ring (bicyclic) bond motifs is 3. The Hall–Kier alpha value is -7.98. The van der Waals surface area contributed by atoms with E-state index >= 15 is 0 Å². The van der Waals surface area contributed by atoms with Crippen LogP contribution in [0.4, 0.5) is 26.7 Å². The van der Waals surface area contributed by atoms with Gasteiger partial charge in [0.2, 0.25) is 34.8 Å². The summed E-state index contributed by atoms with van der Waals surface area (Å²) in [7, 11) is 0. The van der Waals surface area contributed by atoms with E-state index in [0.29, 0.717) is 0 Å². The molecule has 2 saturated heterocycles. The van der Waals surface area contributed by atoms with Gasteiger partial charge in [0.05, 0.1) is 6.61 Å². The van der Waals surface area contributed by atoms with Gasteiger partial charge in [-0.1, -0.05) is 53.6 Å². The van der Waals surface area contributed by atoms with Gasteiger partial charge >= 0.3 is 47.9 Å². The van der Waals surface area contributed by atoms with E-state index in [9.17, 15) is 65.8 Å². The molecule has 2 fully saturated rings. The second-order valence-electron chi connectivity index (χ2n) is 17.0. The molecule has 77 heavy (non-hydrogen) atoms. The van der Waals surface area contributed by atoms with E-state index in [1.807, 2.05) is 17.4 Å². The first-order chi connectivity index (χ1) is 36.5. The number of nitrogens with zero attached hydrogens (tertiary/aromatic N) is 3. The van der Waals surface area contributed by atoms with E-state index < -0.39 is 182 Å². The summed E-state index contributed by atoms with van der Waals surface area (Å²) in [5.74, 6) is -23.6. The van der Waals surface area contributed by atoms with Gasteiger partial charge in [0.25, 0.3) is 0 Å². The van der Waals surface area contributed by atoms with Gasteiger partial charge in [-0.25, -0.2) is 22.8 Å². The third kappa shape index (κ3) is 14.1. The second kappa shape index (κ2) is 25.7. The molecule has 1 aliphatic carbocycles. The first-order valence-corrected chi connectivity index (χ1v) is 22.9. The number of alkyl carbamates (subject to hydrolysis) is 1. The minimum absolute atomic E-state index is 0.404. The molecule has 0 saturated carbocycles. The Morgan fingerprint density at radius 2 is 1.04 bits per heavy atom. The number of carbonyl (C=O) groups is 8. The van der Waals surface area contributed by atoms with Crippen molar-refractivity contribution in [3.05, 3.63) is 99.2 Å². The lowest BCUT2D eigenvalue weighted by atomic mass is 9.95. The molecule has 0 unspecified atom stereocenters. The number of nitrogens with one attached hydrogen (secondary N) is 1. The number of hydrogen-bond acceptors (Lipinski definition) is 21. The third-order valence-corrected chi connectivity index (χ3v) is 11.5. The molecule has 1 amide bonds. The summed E-state index contributed by atoms with van der Waals surface area (Å²) in [6.07, 6.45) is -18.7. The van der Waals surface area contributed by atoms with E-state index in [0.717, 1.165) is 63.8 Å². The molecule has 3 aromatic rings. The van der Waals surface area contributed by atoms with E-state index in [1.54, 1.807) is 36.4 Å². The molecule has 0 bridgehead atoms. The number of hydrogen-bond donors (Lipinski definition) is 1. The zero-order valence-corrected chi connectivity index (χ0v) is 41.3. The van der Waals surface area contributed by atoms with Gasteiger partial charge < -0.3 is 62.2 Å². The van der Waals surface area contributed by atoms with Gasteiger partial charge in [-0.3, -0.25) is 28.8 Å². The van der Waals surface area contributed by atoms with Crippen LogP contribution in [0.15, 0.2) is 53.6 Å². The normalized spacial score (nSPS) is 23.8. The highest BCUT2D eigenvalue weighted by Gasteiger charge is 2.57. The molecule has 24 nitrogen and oxygen atoms in total. The topological polar surface area (TPSA) is 308 Å². The molecule has 3 aromatic carbocycles. The fourth-order valence-electron chi connectivity index (χ4n) is 8.48. The van der Waals surface area contributed by atoms with E-state index in [-0.39, 0.29) is 0 Å². The zero-order valence-electron chi connectivity index (χ0n) is 41.3. The van der Waals surface area contributed by atoms with E-state index in [1.165, 1.54) is 0 Å². The Bertz CT molecular complexity index is 2750. The van der Waals surface area contributed by atoms with Crippen LogP contribution in [0.3, 0.4) is 0 Å². The molecule has 0 aromatic heterocycles. The molecule has 0 radical (unpaired) electrons. The highest BCUT2D eigenvalue weighted by atomic mass is 19.2. The van der Waals surface area contributed by atoms with Gasteiger partial charge in [0.1, 0.15) is 44.2 Å². The lowest BCUT2D eigenvalue weighted by Crippen LogP contribution is -2.66. The van der Waals surface area contributed by atoms with Crippen molar-refractivity contribution < 1.29 is 117 Å². The van der Waals surface area contributed by atoms with Crippen LogP contribution in [0, 0.1) is 29.1 Å². The van der Waals surface area contributed by atoms with Crippen molar-refractivity contribution in [2.45, 2.75) is 115 Å². The van der Waals surface area contributed by atoms with Crippen LogP contribution in [0.1, 0.15) is 58.6 Å². The highest BCUT2D eigenvalue weighted by Crippen LogP contribution is 2.45. The van der Waals surface area contributed by atoms with E-state index in [4.69, 9.17) is 52.1 Å². The summed E-state index contributed by atoms with van der Waals surface area (Å²) in [5, 5.41) is 5.72. The van der Waals surface area contributed by atoms with Crippen molar-refractivity contribution in [1.82, 2.24) is 5.32 Å². The first-order valence-electron chi connectivity index (χ1n) is 22.9. The van der Waals surface area contributed by atoms with Crippen LogP contribution >= 0.6 is 0 Å². The standard InChI is InChI=1S/C48H47F5N4O20/c1-19(58)66-17-31-39(70-21(3)60)42(77-47-44(73-24(6)63)43(72-23(5)62)40(71-22(4)61)32(75-47)18-67-20(2)59)38(56-57-54)46(74-31)68-16-30(45(64)76-41-36(52)34(50)33(49)35(51)37(41)53)55-48(65)69-15-29-27-13-9-7-11-25(27)26-12-8-10-14-28(26)29/h7-14,29-32,38-40,42-44,46-47H,15-18H2,1-6H3,(H,55,65)/t30-,31+,32+,38+,39-,40-,42+,43-,44+,46-,47-/m0/s1. The summed E-state index contributed by atoms with van der Waals surface area (Å²) in [6, 6.07) is 9.82. The maximum atomic E-state index is 14.9. The van der Waals surface area contributed by atoms with Crippen molar-refractivity contribution in [3.8, 4) is 16.9 Å². The van der Waals surface area contributed by atoms with Gasteiger partial charge in [-0.2, -0.15) is 8.78 Å². The van der Waals surface area contributed by atoms with Crippen LogP contribution in [0.2, 0.25) is 0 Å². The summed E-state index contributed by atoms with van der Waals surface area (Å²) in [4.78, 5) is 105. The minimum Gasteiger partial charge on any atom is -0.463 e. The molecule has 6 rings (SSSR count). The Labute approximate surface area is 432 Å². The van der Waals surface area contributed by atoms with Crippen LogP contribution in [0.25, 0.3) is 21.6 Å². The van der Waals surface area contributed by atoms with Crippen LogP contribution in [-0.4, -0.2) is 142 Å². The van der Waals surface area contributed by atoms with Crippen molar-refractivity contribution in [2.75, 3.05) is 26.4 Å². The summed E-state index contributed by atoms with van der Waals surface area (Å²) >= 11 is 0. The van der Waals surface area contributed by atoms with Crippen LogP contribution in [0.5, 0.6) is 5.75 Å². The van der Waals surface area contributed by atoms with Crippen molar-refractivity contribution >= 4 is 47.9 Å². The maximum Gasteiger partial charge on any atom is 0.407 e. The third-order valence-electron chi connectivity index (χ3n) is 11.5. The lowest BCUT2D eigenvalue weighted by molar-refractivity contribution is -0.345. The Balaban J connectivity index is 1.39. The lowest BCUT2D eigenvalue weighted by Gasteiger charge is -2.48. The average molecular weight is 1090 g/mol. The molecule has 11 atom stereocenters. The van der Waals surface area contributed by atoms with Crippen molar-refractivity contribution in [2.24, 2.45) is 5.11 Å². The first kappa shape index (κ1) is 58.3. The molecule has 3 aliphatic rings. The van der Waals surface area contributed by atoms with Gasteiger partial charge in [0.15, 0.2) is 43.0 Å². The molecule has 0 spiro atoms. The summed E-state index contributed by atoms with van der Waals surface area (Å²) in [5.41, 5.74) is 13.1. The number of benzene rings is 3. The highest BCUT2D eigenvalue weighted by molar-refractivity contribution is 5.83. The second-order valence-corrected chi connectivity index (χ2v) is 17.0. The molecule has 2 heterocycles. The number of esters is 7. The van der Waals surface area contributed by atoms with Crippen LogP contribution < -0.4 is 10.1 Å². The van der Waals surface area contributed by atoms with Gasteiger partial charge in [-0.15, -0.1) is 0 Å². The van der Waals surface area contributed by atoms with E-state index in [2.05, 4.69) is 14.8 Å². The fourth-order valence-corrected chi connectivity index (χ4v) is 8.48. The molecule has 29 heteroatoms. The molecule has 1 N–H and O–H groups in total. The quantitative estimate of drug-likeness (QED) is 0.0198.